The molecule has 0 saturated carbocycles. The molecule has 9 heteroatoms. The maximum absolute atomic E-state index is 12.2. The van der Waals surface area contributed by atoms with Crippen LogP contribution in [0, 0.1) is 0 Å². The lowest BCUT2D eigenvalue weighted by molar-refractivity contribution is 0.362. The van der Waals surface area contributed by atoms with Gasteiger partial charge in [-0.05, 0) is 24.3 Å². The van der Waals surface area contributed by atoms with Gasteiger partial charge in [-0.1, -0.05) is 0 Å². The highest BCUT2D eigenvalue weighted by atomic mass is 32.2. The minimum Gasteiger partial charge on any atom is -0.423 e. The van der Waals surface area contributed by atoms with Crippen LogP contribution in [-0.2, 0) is 10.2 Å². The molecule has 3 rings (SSSR count). The molecule has 0 bridgehead atoms. The number of rotatable bonds is 4. The number of piperazine rings is 1. The van der Waals surface area contributed by atoms with Gasteiger partial charge in [-0.3, -0.25) is 4.72 Å². The Bertz CT molecular complexity index is 678. The van der Waals surface area contributed by atoms with E-state index >= 15 is 0 Å². The Labute approximate surface area is 122 Å². The first-order chi connectivity index (χ1) is 10.1. The highest BCUT2D eigenvalue weighted by Crippen LogP contribution is 2.20. The van der Waals surface area contributed by atoms with Crippen molar-refractivity contribution in [2.45, 2.75) is 0 Å². The van der Waals surface area contributed by atoms with Crippen molar-refractivity contribution in [3.63, 3.8) is 0 Å². The van der Waals surface area contributed by atoms with Crippen LogP contribution in [0.25, 0.3) is 11.5 Å². The third-order valence-corrected chi connectivity index (χ3v) is 4.69. The van der Waals surface area contributed by atoms with Gasteiger partial charge < -0.3 is 9.73 Å². The van der Waals surface area contributed by atoms with Crippen molar-refractivity contribution in [1.82, 2.24) is 19.8 Å². The fraction of sp³-hybridized carbons (Fsp3) is 0.333. The second-order valence-corrected chi connectivity index (χ2v) is 6.25. The largest absolute Gasteiger partial charge is 0.423 e. The zero-order valence-corrected chi connectivity index (χ0v) is 12.0. The maximum atomic E-state index is 12.2. The van der Waals surface area contributed by atoms with Crippen molar-refractivity contribution in [3.05, 3.63) is 30.7 Å². The highest BCUT2D eigenvalue weighted by Gasteiger charge is 2.23. The van der Waals surface area contributed by atoms with Gasteiger partial charge in [0.15, 0.2) is 0 Å². The Morgan fingerprint density at radius 3 is 2.52 bits per heavy atom. The second kappa shape index (κ2) is 5.80. The first kappa shape index (κ1) is 14.0. The average molecular weight is 309 g/mol. The van der Waals surface area contributed by atoms with Gasteiger partial charge in [0.25, 0.3) is 0 Å². The van der Waals surface area contributed by atoms with Crippen LogP contribution in [0.5, 0.6) is 0 Å². The summed E-state index contributed by atoms with van der Waals surface area (Å²) in [4.78, 5) is 0. The smallest absolute Gasteiger partial charge is 0.301 e. The van der Waals surface area contributed by atoms with Crippen LogP contribution in [0.15, 0.2) is 35.1 Å². The highest BCUT2D eigenvalue weighted by molar-refractivity contribution is 7.90. The summed E-state index contributed by atoms with van der Waals surface area (Å²) in [6.45, 7) is 2.26. The first-order valence-electron chi connectivity index (χ1n) is 6.50. The molecule has 1 saturated heterocycles. The summed E-state index contributed by atoms with van der Waals surface area (Å²) in [7, 11) is -3.51. The predicted molar refractivity (Wildman–Crippen MR) is 76.7 cm³/mol. The van der Waals surface area contributed by atoms with Gasteiger partial charge in [0.05, 0.1) is 0 Å². The third kappa shape index (κ3) is 3.20. The van der Waals surface area contributed by atoms with Crippen molar-refractivity contribution >= 4 is 15.9 Å². The van der Waals surface area contributed by atoms with E-state index in [-0.39, 0.29) is 0 Å². The summed E-state index contributed by atoms with van der Waals surface area (Å²) >= 11 is 0. The molecule has 2 heterocycles. The monoisotopic (exact) mass is 309 g/mol. The molecule has 1 fully saturated rings. The Kier molecular flexibility index (Phi) is 3.86. The van der Waals surface area contributed by atoms with E-state index < -0.39 is 10.2 Å². The van der Waals surface area contributed by atoms with Crippen molar-refractivity contribution in [2.24, 2.45) is 0 Å². The first-order valence-corrected chi connectivity index (χ1v) is 7.94. The topological polar surface area (TPSA) is 100 Å². The van der Waals surface area contributed by atoms with E-state index in [4.69, 9.17) is 4.42 Å². The molecule has 21 heavy (non-hydrogen) atoms. The number of aromatic nitrogens is 2. The molecule has 8 nitrogen and oxygen atoms in total. The van der Waals surface area contributed by atoms with E-state index in [0.29, 0.717) is 37.8 Å². The standard InChI is InChI=1S/C12H15N5O3S/c18-21(19,17-7-5-13-6-8-17)16-11-3-1-10(2-4-11)12-15-14-9-20-12/h1-4,9,13,16H,5-8H2. The zero-order valence-electron chi connectivity index (χ0n) is 11.2. The van der Waals surface area contributed by atoms with E-state index in [1.165, 1.54) is 10.7 Å². The normalized spacial score (nSPS) is 16.8. The van der Waals surface area contributed by atoms with Gasteiger partial charge in [0.1, 0.15) is 0 Å². The Hall–Kier alpha value is -1.97. The van der Waals surface area contributed by atoms with Gasteiger partial charge in [-0.2, -0.15) is 12.7 Å². The minimum atomic E-state index is -3.51. The number of hydrogen-bond donors (Lipinski definition) is 2. The van der Waals surface area contributed by atoms with Crippen LogP contribution in [0.3, 0.4) is 0 Å². The van der Waals surface area contributed by atoms with Gasteiger partial charge >= 0.3 is 10.2 Å². The molecule has 0 amide bonds. The van der Waals surface area contributed by atoms with Crippen LogP contribution in [0.4, 0.5) is 5.69 Å². The lowest BCUT2D eigenvalue weighted by atomic mass is 10.2. The van der Waals surface area contributed by atoms with Gasteiger partial charge in [-0.15, -0.1) is 10.2 Å². The molecule has 0 unspecified atom stereocenters. The molecule has 1 aromatic carbocycles. The summed E-state index contributed by atoms with van der Waals surface area (Å²) in [5.41, 5.74) is 1.23. The van der Waals surface area contributed by atoms with Crippen LogP contribution in [0.1, 0.15) is 0 Å². The predicted octanol–water partition coefficient (Wildman–Crippen LogP) is 0.298. The molecule has 1 aromatic heterocycles. The van der Waals surface area contributed by atoms with Crippen molar-refractivity contribution in [1.29, 1.82) is 0 Å². The fourth-order valence-corrected chi connectivity index (χ4v) is 3.30. The third-order valence-electron chi connectivity index (χ3n) is 3.15. The SMILES string of the molecule is O=S(=O)(Nc1ccc(-c2nnco2)cc1)N1CCNCC1. The molecule has 112 valence electrons. The fourth-order valence-electron chi connectivity index (χ4n) is 2.08. The van der Waals surface area contributed by atoms with Crippen molar-refractivity contribution in [2.75, 3.05) is 30.9 Å². The lowest BCUT2D eigenvalue weighted by Crippen LogP contribution is -2.48. The maximum Gasteiger partial charge on any atom is 0.301 e. The number of benzene rings is 1. The van der Waals surface area contributed by atoms with E-state index in [9.17, 15) is 8.42 Å². The summed E-state index contributed by atoms with van der Waals surface area (Å²) in [5.74, 6) is 0.395. The Balaban J connectivity index is 1.72. The number of hydrogen-bond acceptors (Lipinski definition) is 6. The van der Waals surface area contributed by atoms with E-state index in [1.54, 1.807) is 24.3 Å². The van der Waals surface area contributed by atoms with Crippen LogP contribution >= 0.6 is 0 Å². The molecule has 0 aliphatic carbocycles. The van der Waals surface area contributed by atoms with E-state index in [2.05, 4.69) is 20.2 Å². The van der Waals surface area contributed by atoms with Crippen LogP contribution < -0.4 is 10.0 Å². The number of nitrogens with one attached hydrogen (secondary N) is 2. The van der Waals surface area contributed by atoms with Crippen molar-refractivity contribution < 1.29 is 12.8 Å². The van der Waals surface area contributed by atoms with E-state index in [1.807, 2.05) is 0 Å². The molecule has 0 radical (unpaired) electrons. The van der Waals surface area contributed by atoms with Crippen molar-refractivity contribution in [3.8, 4) is 11.5 Å². The van der Waals surface area contributed by atoms with Gasteiger partial charge in [0.2, 0.25) is 12.3 Å². The molecular formula is C12H15N5O3S. The second-order valence-electron chi connectivity index (χ2n) is 4.58. The molecule has 1 aliphatic rings. The van der Waals surface area contributed by atoms with Crippen LogP contribution in [-0.4, -0.2) is 49.1 Å². The quantitative estimate of drug-likeness (QED) is 0.842. The summed E-state index contributed by atoms with van der Waals surface area (Å²) in [6.07, 6.45) is 1.25. The summed E-state index contributed by atoms with van der Waals surface area (Å²) in [6, 6.07) is 6.78. The summed E-state index contributed by atoms with van der Waals surface area (Å²) < 4.78 is 33.5. The average Bonchev–Trinajstić information content (AvgIpc) is 3.03. The number of nitrogens with zero attached hydrogens (tertiary/aromatic N) is 3. The lowest BCUT2D eigenvalue weighted by Gasteiger charge is -2.26. The minimum absolute atomic E-state index is 0.395. The molecule has 2 aromatic rings. The number of anilines is 1. The molecular weight excluding hydrogens is 294 g/mol. The molecule has 1 aliphatic heterocycles. The molecule has 0 atom stereocenters. The van der Waals surface area contributed by atoms with Gasteiger partial charge in [0, 0.05) is 37.4 Å². The molecule has 0 spiro atoms. The van der Waals surface area contributed by atoms with E-state index in [0.717, 1.165) is 5.56 Å². The van der Waals surface area contributed by atoms with Crippen LogP contribution in [0.2, 0.25) is 0 Å². The summed E-state index contributed by atoms with van der Waals surface area (Å²) in [5, 5.41) is 10.5. The molecule has 2 N–H and O–H groups in total. The van der Waals surface area contributed by atoms with Gasteiger partial charge in [-0.25, -0.2) is 0 Å². The Morgan fingerprint density at radius 1 is 1.19 bits per heavy atom. The Morgan fingerprint density at radius 2 is 1.90 bits per heavy atom. The zero-order chi connectivity index (χ0) is 14.7.